The predicted octanol–water partition coefficient (Wildman–Crippen LogP) is 3.06. The van der Waals surface area contributed by atoms with E-state index in [1.54, 1.807) is 13.1 Å². The number of para-hydroxylation sites is 1. The fourth-order valence-electron chi connectivity index (χ4n) is 1.71. The molecule has 0 radical (unpaired) electrons. The molecule has 0 aliphatic heterocycles. The van der Waals surface area contributed by atoms with E-state index >= 15 is 0 Å². The van der Waals surface area contributed by atoms with Crippen molar-refractivity contribution < 1.29 is 4.74 Å². The third-order valence-electron chi connectivity index (χ3n) is 3.23. The predicted molar refractivity (Wildman–Crippen MR) is 97.9 cm³/mol. The Morgan fingerprint density at radius 3 is 2.73 bits per heavy atom. The molecule has 2 N–H and O–H groups in total. The van der Waals surface area contributed by atoms with Gasteiger partial charge in [0, 0.05) is 30.4 Å². The average molecular weight is 321 g/mol. The number of ether oxygens (including phenoxy) is 1. The summed E-state index contributed by atoms with van der Waals surface area (Å²) in [6, 6.07) is 7.98. The lowest BCUT2D eigenvalue weighted by molar-refractivity contribution is 0.358. The molecule has 4 nitrogen and oxygen atoms in total. The van der Waals surface area contributed by atoms with Gasteiger partial charge < -0.3 is 15.4 Å². The summed E-state index contributed by atoms with van der Waals surface area (Å²) in [7, 11) is 1.78. The zero-order valence-corrected chi connectivity index (χ0v) is 14.8. The number of benzene rings is 1. The van der Waals surface area contributed by atoms with Gasteiger partial charge in [-0.05, 0) is 26.2 Å². The SMILES string of the molecule is C=CCOc1ccccc1CNC(=NC)NCC(C)(C)SC. The van der Waals surface area contributed by atoms with Crippen molar-refractivity contribution >= 4 is 17.7 Å². The first-order valence-electron chi connectivity index (χ1n) is 7.33. The summed E-state index contributed by atoms with van der Waals surface area (Å²) in [5.74, 6) is 1.66. The van der Waals surface area contributed by atoms with Crippen LogP contribution in [0.3, 0.4) is 0 Å². The molecule has 1 aromatic rings. The monoisotopic (exact) mass is 321 g/mol. The van der Waals surface area contributed by atoms with E-state index in [9.17, 15) is 0 Å². The van der Waals surface area contributed by atoms with Gasteiger partial charge in [-0.25, -0.2) is 0 Å². The highest BCUT2D eigenvalue weighted by Crippen LogP contribution is 2.19. The van der Waals surface area contributed by atoms with Crippen molar-refractivity contribution in [2.24, 2.45) is 4.99 Å². The maximum absolute atomic E-state index is 5.66. The second-order valence-corrected chi connectivity index (χ2v) is 6.96. The van der Waals surface area contributed by atoms with Crippen LogP contribution in [0, 0.1) is 0 Å². The maximum atomic E-state index is 5.66. The third-order valence-corrected chi connectivity index (χ3v) is 4.48. The molecule has 122 valence electrons. The van der Waals surface area contributed by atoms with Crippen molar-refractivity contribution in [3.63, 3.8) is 0 Å². The second-order valence-electron chi connectivity index (χ2n) is 5.45. The van der Waals surface area contributed by atoms with E-state index in [-0.39, 0.29) is 4.75 Å². The van der Waals surface area contributed by atoms with Crippen LogP contribution in [0.5, 0.6) is 5.75 Å². The van der Waals surface area contributed by atoms with Crippen molar-refractivity contribution in [2.45, 2.75) is 25.1 Å². The Morgan fingerprint density at radius 2 is 2.09 bits per heavy atom. The number of thioether (sulfide) groups is 1. The molecule has 22 heavy (non-hydrogen) atoms. The van der Waals surface area contributed by atoms with Crippen LogP contribution in [0.15, 0.2) is 41.9 Å². The summed E-state index contributed by atoms with van der Waals surface area (Å²) >= 11 is 1.83. The van der Waals surface area contributed by atoms with Gasteiger partial charge >= 0.3 is 0 Å². The summed E-state index contributed by atoms with van der Waals surface area (Å²) in [5.41, 5.74) is 1.09. The van der Waals surface area contributed by atoms with Gasteiger partial charge in [0.05, 0.1) is 0 Å². The zero-order valence-electron chi connectivity index (χ0n) is 14.0. The molecule has 0 aromatic heterocycles. The second kappa shape index (κ2) is 9.41. The molecular weight excluding hydrogens is 294 g/mol. The lowest BCUT2D eigenvalue weighted by Gasteiger charge is -2.24. The molecule has 0 fully saturated rings. The minimum absolute atomic E-state index is 0.169. The quantitative estimate of drug-likeness (QED) is 0.439. The zero-order chi connectivity index (χ0) is 16.4. The molecule has 0 amide bonds. The van der Waals surface area contributed by atoms with E-state index in [0.29, 0.717) is 13.2 Å². The fourth-order valence-corrected chi connectivity index (χ4v) is 1.92. The minimum Gasteiger partial charge on any atom is -0.489 e. The summed E-state index contributed by atoms with van der Waals surface area (Å²) in [4.78, 5) is 4.26. The van der Waals surface area contributed by atoms with Gasteiger partial charge in [0.15, 0.2) is 5.96 Å². The number of rotatable bonds is 8. The summed E-state index contributed by atoms with van der Waals surface area (Å²) in [6.07, 6.45) is 3.86. The molecule has 0 heterocycles. The maximum Gasteiger partial charge on any atom is 0.191 e. The molecule has 0 saturated carbocycles. The molecular formula is C17H27N3OS. The van der Waals surface area contributed by atoms with E-state index in [4.69, 9.17) is 4.74 Å². The van der Waals surface area contributed by atoms with Gasteiger partial charge in [-0.1, -0.05) is 30.9 Å². The Kier molecular flexibility index (Phi) is 7.88. The lowest BCUT2D eigenvalue weighted by Crippen LogP contribution is -2.43. The molecule has 0 spiro atoms. The van der Waals surface area contributed by atoms with Crippen LogP contribution >= 0.6 is 11.8 Å². The first kappa shape index (κ1) is 18.4. The first-order chi connectivity index (χ1) is 10.5. The lowest BCUT2D eigenvalue weighted by atomic mass is 10.2. The van der Waals surface area contributed by atoms with Crippen molar-refractivity contribution in [1.82, 2.24) is 10.6 Å². The average Bonchev–Trinajstić information content (AvgIpc) is 2.54. The number of aliphatic imine (C=N–C) groups is 1. The van der Waals surface area contributed by atoms with Gasteiger partial charge in [0.1, 0.15) is 12.4 Å². The highest BCUT2D eigenvalue weighted by atomic mass is 32.2. The van der Waals surface area contributed by atoms with Gasteiger partial charge in [0.25, 0.3) is 0 Å². The van der Waals surface area contributed by atoms with E-state index < -0.39 is 0 Å². The van der Waals surface area contributed by atoms with Crippen molar-refractivity contribution in [3.8, 4) is 5.75 Å². The van der Waals surface area contributed by atoms with Gasteiger partial charge in [0.2, 0.25) is 0 Å². The van der Waals surface area contributed by atoms with Crippen LogP contribution in [0.25, 0.3) is 0 Å². The number of hydrogen-bond donors (Lipinski definition) is 2. The first-order valence-corrected chi connectivity index (χ1v) is 8.56. The Bertz CT molecular complexity index is 500. The highest BCUT2D eigenvalue weighted by molar-refractivity contribution is 7.99. The summed E-state index contributed by atoms with van der Waals surface area (Å²) in [6.45, 7) is 10.1. The number of hydrogen-bond acceptors (Lipinski definition) is 3. The molecule has 0 atom stereocenters. The van der Waals surface area contributed by atoms with E-state index in [1.165, 1.54) is 0 Å². The van der Waals surface area contributed by atoms with Crippen molar-refractivity contribution in [2.75, 3.05) is 26.5 Å². The van der Waals surface area contributed by atoms with Crippen LogP contribution in [-0.2, 0) is 6.54 Å². The minimum atomic E-state index is 0.169. The molecule has 0 aliphatic rings. The van der Waals surface area contributed by atoms with Crippen LogP contribution in [-0.4, -0.2) is 37.2 Å². The number of guanidine groups is 1. The molecule has 0 aliphatic carbocycles. The Morgan fingerprint density at radius 1 is 1.36 bits per heavy atom. The highest BCUT2D eigenvalue weighted by Gasteiger charge is 2.16. The standard InChI is InChI=1S/C17H27N3OS/c1-6-11-21-15-10-8-7-9-14(15)12-19-16(18-4)20-13-17(2,3)22-5/h6-10H,1,11-13H2,2-5H3,(H2,18,19,20). The summed E-state index contributed by atoms with van der Waals surface area (Å²) in [5, 5.41) is 6.68. The molecule has 0 unspecified atom stereocenters. The molecule has 1 aromatic carbocycles. The number of nitrogens with one attached hydrogen (secondary N) is 2. The fraction of sp³-hybridized carbons (Fsp3) is 0.471. The van der Waals surface area contributed by atoms with Gasteiger partial charge in [-0.2, -0.15) is 11.8 Å². The van der Waals surface area contributed by atoms with Gasteiger partial charge in [-0.3, -0.25) is 4.99 Å². The largest absolute Gasteiger partial charge is 0.489 e. The van der Waals surface area contributed by atoms with E-state index in [1.807, 2.05) is 36.0 Å². The van der Waals surface area contributed by atoms with E-state index in [2.05, 4.69) is 42.3 Å². The van der Waals surface area contributed by atoms with Crippen LogP contribution in [0.4, 0.5) is 0 Å². The van der Waals surface area contributed by atoms with Crippen LogP contribution in [0.1, 0.15) is 19.4 Å². The van der Waals surface area contributed by atoms with Crippen LogP contribution in [0.2, 0.25) is 0 Å². The van der Waals surface area contributed by atoms with Gasteiger partial charge in [-0.15, -0.1) is 0 Å². The number of nitrogens with zero attached hydrogens (tertiary/aromatic N) is 1. The van der Waals surface area contributed by atoms with Crippen LogP contribution < -0.4 is 15.4 Å². The Balaban J connectivity index is 2.58. The van der Waals surface area contributed by atoms with Crippen molar-refractivity contribution in [1.29, 1.82) is 0 Å². The Hall–Kier alpha value is -1.62. The van der Waals surface area contributed by atoms with Crippen molar-refractivity contribution in [3.05, 3.63) is 42.5 Å². The normalized spacial score (nSPS) is 11.9. The molecule has 5 heteroatoms. The Labute approximate surface area is 138 Å². The topological polar surface area (TPSA) is 45.6 Å². The molecule has 1 rings (SSSR count). The smallest absolute Gasteiger partial charge is 0.191 e. The summed E-state index contributed by atoms with van der Waals surface area (Å²) < 4.78 is 5.83. The molecule has 0 bridgehead atoms. The molecule has 0 saturated heterocycles. The third kappa shape index (κ3) is 6.43. The van der Waals surface area contributed by atoms with E-state index in [0.717, 1.165) is 23.8 Å².